The van der Waals surface area contributed by atoms with Crippen LogP contribution in [0.5, 0.6) is 0 Å². The summed E-state index contributed by atoms with van der Waals surface area (Å²) in [6.45, 7) is 5.52. The van der Waals surface area contributed by atoms with E-state index in [1.54, 1.807) is 19.0 Å². The summed E-state index contributed by atoms with van der Waals surface area (Å²) in [4.78, 5) is 27.1. The molecule has 1 heterocycles. The van der Waals surface area contributed by atoms with Gasteiger partial charge in [-0.3, -0.25) is 14.5 Å². The van der Waals surface area contributed by atoms with Crippen molar-refractivity contribution in [1.29, 1.82) is 0 Å². The van der Waals surface area contributed by atoms with Crippen LogP contribution in [0.15, 0.2) is 0 Å². The van der Waals surface area contributed by atoms with Gasteiger partial charge in [-0.25, -0.2) is 0 Å². The van der Waals surface area contributed by atoms with Crippen LogP contribution in [0.3, 0.4) is 0 Å². The van der Waals surface area contributed by atoms with Crippen molar-refractivity contribution < 1.29 is 9.59 Å². The van der Waals surface area contributed by atoms with Gasteiger partial charge in [0, 0.05) is 53.2 Å². The lowest BCUT2D eigenvalue weighted by atomic mass is 10.1. The molecule has 0 spiro atoms. The lowest BCUT2D eigenvalue weighted by Crippen LogP contribution is -2.58. The second kappa shape index (κ2) is 7.33. The van der Waals surface area contributed by atoms with Gasteiger partial charge in [-0.1, -0.05) is 0 Å². The summed E-state index contributed by atoms with van der Waals surface area (Å²) in [5.41, 5.74) is 0. The Kier molecular flexibility index (Phi) is 6.07. The SMILES string of the molecule is CCNC(=O)C1CNCCN1CCC(=O)N(C)C. The highest BCUT2D eigenvalue weighted by Crippen LogP contribution is 2.05. The van der Waals surface area contributed by atoms with Gasteiger partial charge in [0.05, 0.1) is 0 Å². The van der Waals surface area contributed by atoms with E-state index in [0.717, 1.165) is 13.1 Å². The average Bonchev–Trinajstić information content (AvgIpc) is 2.36. The number of rotatable bonds is 5. The van der Waals surface area contributed by atoms with E-state index < -0.39 is 0 Å². The smallest absolute Gasteiger partial charge is 0.238 e. The molecule has 0 saturated carbocycles. The van der Waals surface area contributed by atoms with Gasteiger partial charge in [-0.05, 0) is 6.92 Å². The molecule has 2 N–H and O–H groups in total. The number of hydrogen-bond donors (Lipinski definition) is 2. The zero-order chi connectivity index (χ0) is 13.5. The number of piperazine rings is 1. The Morgan fingerprint density at radius 2 is 2.17 bits per heavy atom. The number of amides is 2. The fraction of sp³-hybridized carbons (Fsp3) is 0.833. The number of nitrogens with one attached hydrogen (secondary N) is 2. The maximum absolute atomic E-state index is 11.9. The topological polar surface area (TPSA) is 64.7 Å². The first-order valence-corrected chi connectivity index (χ1v) is 6.49. The molecule has 1 fully saturated rings. The minimum Gasteiger partial charge on any atom is -0.355 e. The third-order valence-corrected chi connectivity index (χ3v) is 3.12. The van der Waals surface area contributed by atoms with Crippen LogP contribution in [0.1, 0.15) is 13.3 Å². The fourth-order valence-corrected chi connectivity index (χ4v) is 2.03. The van der Waals surface area contributed by atoms with Crippen LogP contribution in [-0.4, -0.2) is 74.5 Å². The van der Waals surface area contributed by atoms with Crippen molar-refractivity contribution in [3.8, 4) is 0 Å². The molecule has 1 rings (SSSR count). The van der Waals surface area contributed by atoms with Crippen LogP contribution >= 0.6 is 0 Å². The summed E-state index contributed by atoms with van der Waals surface area (Å²) in [6.07, 6.45) is 0.461. The molecule has 0 aromatic heterocycles. The fourth-order valence-electron chi connectivity index (χ4n) is 2.03. The molecule has 0 aromatic carbocycles. The molecule has 1 saturated heterocycles. The van der Waals surface area contributed by atoms with Gasteiger partial charge in [-0.15, -0.1) is 0 Å². The van der Waals surface area contributed by atoms with Gasteiger partial charge in [0.15, 0.2) is 0 Å². The Morgan fingerprint density at radius 3 is 2.78 bits per heavy atom. The number of nitrogens with zero attached hydrogens (tertiary/aromatic N) is 2. The molecular weight excluding hydrogens is 232 g/mol. The van der Waals surface area contributed by atoms with Gasteiger partial charge in [0.1, 0.15) is 6.04 Å². The minimum atomic E-state index is -0.159. The lowest BCUT2D eigenvalue weighted by molar-refractivity contribution is -0.131. The second-order valence-corrected chi connectivity index (χ2v) is 4.69. The number of likely N-dealkylation sites (N-methyl/N-ethyl adjacent to an activating group) is 1. The van der Waals surface area contributed by atoms with Crippen molar-refractivity contribution in [2.24, 2.45) is 0 Å². The lowest BCUT2D eigenvalue weighted by Gasteiger charge is -2.35. The summed E-state index contributed by atoms with van der Waals surface area (Å²) in [5, 5.41) is 6.06. The van der Waals surface area contributed by atoms with Crippen LogP contribution in [0.2, 0.25) is 0 Å². The van der Waals surface area contributed by atoms with Crippen molar-refractivity contribution in [3.05, 3.63) is 0 Å². The van der Waals surface area contributed by atoms with E-state index in [9.17, 15) is 9.59 Å². The van der Waals surface area contributed by atoms with Crippen molar-refractivity contribution >= 4 is 11.8 Å². The minimum absolute atomic E-state index is 0.0435. The zero-order valence-electron chi connectivity index (χ0n) is 11.5. The van der Waals surface area contributed by atoms with Gasteiger partial charge in [0.2, 0.25) is 11.8 Å². The normalized spacial score (nSPS) is 20.5. The van der Waals surface area contributed by atoms with Crippen molar-refractivity contribution in [3.63, 3.8) is 0 Å². The van der Waals surface area contributed by atoms with Crippen molar-refractivity contribution in [2.45, 2.75) is 19.4 Å². The van der Waals surface area contributed by atoms with E-state index in [-0.39, 0.29) is 17.9 Å². The van der Waals surface area contributed by atoms with E-state index in [0.29, 0.717) is 26.1 Å². The standard InChI is InChI=1S/C12H24N4O2/c1-4-14-12(18)10-9-13-6-8-16(10)7-5-11(17)15(2)3/h10,13H,4-9H2,1-3H3,(H,14,18). The first-order valence-electron chi connectivity index (χ1n) is 6.49. The second-order valence-electron chi connectivity index (χ2n) is 4.69. The Hall–Kier alpha value is -1.14. The first kappa shape index (κ1) is 14.9. The van der Waals surface area contributed by atoms with Crippen LogP contribution < -0.4 is 10.6 Å². The molecule has 1 aliphatic rings. The summed E-state index contributed by atoms with van der Waals surface area (Å²) >= 11 is 0. The van der Waals surface area contributed by atoms with E-state index in [4.69, 9.17) is 0 Å². The van der Waals surface area contributed by atoms with Gasteiger partial charge >= 0.3 is 0 Å². The van der Waals surface area contributed by atoms with Crippen LogP contribution in [-0.2, 0) is 9.59 Å². The summed E-state index contributed by atoms with van der Waals surface area (Å²) < 4.78 is 0. The van der Waals surface area contributed by atoms with E-state index in [1.807, 2.05) is 6.92 Å². The highest BCUT2D eigenvalue weighted by molar-refractivity contribution is 5.82. The predicted molar refractivity (Wildman–Crippen MR) is 70.2 cm³/mol. The quantitative estimate of drug-likeness (QED) is 0.654. The van der Waals surface area contributed by atoms with E-state index >= 15 is 0 Å². The molecular formula is C12H24N4O2. The average molecular weight is 256 g/mol. The highest BCUT2D eigenvalue weighted by Gasteiger charge is 2.28. The maximum Gasteiger partial charge on any atom is 0.238 e. The Balaban J connectivity index is 2.49. The number of hydrogen-bond acceptors (Lipinski definition) is 4. The van der Waals surface area contributed by atoms with Gasteiger partial charge < -0.3 is 15.5 Å². The maximum atomic E-state index is 11.9. The zero-order valence-corrected chi connectivity index (χ0v) is 11.5. The molecule has 1 atom stereocenters. The van der Waals surface area contributed by atoms with E-state index in [1.165, 1.54) is 0 Å². The number of carbonyl (C=O) groups is 2. The molecule has 6 heteroatoms. The first-order chi connectivity index (χ1) is 8.56. The molecule has 0 aliphatic carbocycles. The molecule has 0 aromatic rings. The van der Waals surface area contributed by atoms with Crippen LogP contribution in [0, 0.1) is 0 Å². The molecule has 0 bridgehead atoms. The molecule has 2 amide bonds. The summed E-state index contributed by atoms with van der Waals surface area (Å²) in [6, 6.07) is -0.159. The Bertz CT molecular complexity index is 294. The van der Waals surface area contributed by atoms with E-state index in [2.05, 4.69) is 15.5 Å². The van der Waals surface area contributed by atoms with Crippen molar-refractivity contribution in [1.82, 2.24) is 20.4 Å². The monoisotopic (exact) mass is 256 g/mol. The van der Waals surface area contributed by atoms with Crippen molar-refractivity contribution in [2.75, 3.05) is 46.8 Å². The predicted octanol–water partition coefficient (Wildman–Crippen LogP) is -1.13. The molecule has 1 aliphatic heterocycles. The van der Waals surface area contributed by atoms with Crippen LogP contribution in [0.4, 0.5) is 0 Å². The third-order valence-electron chi connectivity index (χ3n) is 3.12. The molecule has 0 radical (unpaired) electrons. The molecule has 1 unspecified atom stereocenters. The summed E-state index contributed by atoms with van der Waals surface area (Å²) in [5.74, 6) is 0.144. The number of carbonyl (C=O) groups excluding carboxylic acids is 2. The molecule has 104 valence electrons. The Labute approximate surface area is 109 Å². The van der Waals surface area contributed by atoms with Gasteiger partial charge in [-0.2, -0.15) is 0 Å². The van der Waals surface area contributed by atoms with Gasteiger partial charge in [0.25, 0.3) is 0 Å². The highest BCUT2D eigenvalue weighted by atomic mass is 16.2. The largest absolute Gasteiger partial charge is 0.355 e. The third kappa shape index (κ3) is 4.27. The Morgan fingerprint density at radius 1 is 1.44 bits per heavy atom. The summed E-state index contributed by atoms with van der Waals surface area (Å²) in [7, 11) is 3.50. The molecule has 18 heavy (non-hydrogen) atoms. The van der Waals surface area contributed by atoms with Crippen LogP contribution in [0.25, 0.3) is 0 Å². The molecule has 6 nitrogen and oxygen atoms in total.